The van der Waals surface area contributed by atoms with Gasteiger partial charge in [-0.3, -0.25) is 9.59 Å². The lowest BCUT2D eigenvalue weighted by atomic mass is 9.81. The number of halogens is 1. The van der Waals surface area contributed by atoms with Crippen LogP contribution in [0, 0.1) is 11.3 Å². The highest BCUT2D eigenvalue weighted by molar-refractivity contribution is 7.23. The monoisotopic (exact) mass is 396 g/mol. The van der Waals surface area contributed by atoms with Crippen LogP contribution in [0.3, 0.4) is 0 Å². The fraction of sp³-hybridized carbons (Fsp3) is 0.471. The van der Waals surface area contributed by atoms with Crippen molar-refractivity contribution in [2.75, 3.05) is 13.1 Å². The van der Waals surface area contributed by atoms with E-state index in [9.17, 15) is 14.7 Å². The summed E-state index contributed by atoms with van der Waals surface area (Å²) in [6.07, 6.45) is 2.74. The Balaban J connectivity index is 1.45. The smallest absolute Gasteiger partial charge is 0.311 e. The predicted octanol–water partition coefficient (Wildman–Crippen LogP) is 3.78. The Morgan fingerprint density at radius 2 is 2.28 bits per heavy atom. The normalized spacial score (nSPS) is 25.3. The number of hydrogen-bond donors (Lipinski definition) is 1. The Morgan fingerprint density at radius 1 is 1.44 bits per heavy atom. The highest BCUT2D eigenvalue weighted by Crippen LogP contribution is 2.49. The second-order valence-electron chi connectivity index (χ2n) is 6.75. The lowest BCUT2D eigenvalue weighted by Gasteiger charge is -2.23. The number of carboxylic acid groups (broad SMARTS) is 1. The van der Waals surface area contributed by atoms with Crippen LogP contribution in [0.4, 0.5) is 0 Å². The third-order valence-electron chi connectivity index (χ3n) is 5.32. The van der Waals surface area contributed by atoms with Gasteiger partial charge in [-0.25, -0.2) is 4.98 Å². The average Bonchev–Trinajstić information content (AvgIpc) is 3.28. The van der Waals surface area contributed by atoms with Crippen LogP contribution in [-0.4, -0.2) is 40.0 Å². The van der Waals surface area contributed by atoms with Crippen molar-refractivity contribution in [1.82, 2.24) is 9.88 Å². The molecule has 3 heterocycles. The third-order valence-corrected chi connectivity index (χ3v) is 7.61. The summed E-state index contributed by atoms with van der Waals surface area (Å²) in [5.74, 6) is -0.694. The average molecular weight is 397 g/mol. The van der Waals surface area contributed by atoms with Crippen LogP contribution in [0.2, 0.25) is 4.34 Å². The Kier molecular flexibility index (Phi) is 4.33. The molecule has 1 saturated heterocycles. The van der Waals surface area contributed by atoms with E-state index < -0.39 is 11.4 Å². The number of aliphatic carboxylic acids is 1. The van der Waals surface area contributed by atoms with Gasteiger partial charge in [-0.15, -0.1) is 22.7 Å². The zero-order valence-corrected chi connectivity index (χ0v) is 15.8. The lowest BCUT2D eigenvalue weighted by Crippen LogP contribution is -2.37. The second kappa shape index (κ2) is 6.37. The molecule has 1 aliphatic heterocycles. The standard InChI is InChI=1S/C17H17ClN2O3S2/c18-13-4-3-12(25-13)15-19-11(8-24-15)6-14(21)20-7-10-2-1-5-17(10,9-20)16(22)23/h3-4,8,10H,1-2,5-7,9H2,(H,22,23)/t10-,17+/m0/s1. The fourth-order valence-electron chi connectivity index (χ4n) is 4.03. The number of hydrogen-bond acceptors (Lipinski definition) is 5. The number of thiophene rings is 1. The molecule has 1 amide bonds. The molecule has 1 saturated carbocycles. The van der Waals surface area contributed by atoms with Crippen LogP contribution in [0.1, 0.15) is 25.0 Å². The molecule has 1 aliphatic carbocycles. The highest BCUT2D eigenvalue weighted by atomic mass is 35.5. The minimum Gasteiger partial charge on any atom is -0.481 e. The van der Waals surface area contributed by atoms with Gasteiger partial charge in [-0.05, 0) is 30.9 Å². The zero-order chi connectivity index (χ0) is 17.6. The molecule has 2 aromatic heterocycles. The first kappa shape index (κ1) is 17.0. The first-order valence-corrected chi connectivity index (χ1v) is 10.3. The quantitative estimate of drug-likeness (QED) is 0.853. The molecule has 1 N–H and O–H groups in total. The molecule has 0 unspecified atom stereocenters. The van der Waals surface area contributed by atoms with Gasteiger partial charge in [-0.1, -0.05) is 18.0 Å². The maximum atomic E-state index is 12.6. The summed E-state index contributed by atoms with van der Waals surface area (Å²) in [5.41, 5.74) is 0.00678. The number of aromatic nitrogens is 1. The Hall–Kier alpha value is -1.44. The molecule has 8 heteroatoms. The Morgan fingerprint density at radius 3 is 2.96 bits per heavy atom. The molecule has 2 aromatic rings. The van der Waals surface area contributed by atoms with Gasteiger partial charge in [0.25, 0.3) is 0 Å². The molecule has 0 spiro atoms. The summed E-state index contributed by atoms with van der Waals surface area (Å²) in [5, 5.41) is 12.4. The molecule has 5 nitrogen and oxygen atoms in total. The molecule has 2 atom stereocenters. The van der Waals surface area contributed by atoms with Gasteiger partial charge in [0.1, 0.15) is 5.01 Å². The van der Waals surface area contributed by atoms with Crippen molar-refractivity contribution in [1.29, 1.82) is 0 Å². The molecule has 2 fully saturated rings. The molecular formula is C17H17ClN2O3S2. The molecule has 0 bridgehead atoms. The summed E-state index contributed by atoms with van der Waals surface area (Å²) >= 11 is 8.92. The van der Waals surface area contributed by atoms with E-state index in [1.165, 1.54) is 22.7 Å². The van der Waals surface area contributed by atoms with Crippen LogP contribution in [0.15, 0.2) is 17.5 Å². The van der Waals surface area contributed by atoms with Gasteiger partial charge in [0.15, 0.2) is 0 Å². The molecule has 0 radical (unpaired) electrons. The Labute approximate surface area is 158 Å². The number of carboxylic acids is 1. The minimum atomic E-state index is -0.754. The van der Waals surface area contributed by atoms with Gasteiger partial charge in [0.05, 0.1) is 26.7 Å². The van der Waals surface area contributed by atoms with Gasteiger partial charge >= 0.3 is 5.97 Å². The topological polar surface area (TPSA) is 70.5 Å². The van der Waals surface area contributed by atoms with E-state index in [4.69, 9.17) is 11.6 Å². The van der Waals surface area contributed by atoms with Crippen molar-refractivity contribution in [2.45, 2.75) is 25.7 Å². The van der Waals surface area contributed by atoms with Crippen molar-refractivity contribution < 1.29 is 14.7 Å². The summed E-state index contributed by atoms with van der Waals surface area (Å²) in [6.45, 7) is 0.895. The van der Waals surface area contributed by atoms with Crippen LogP contribution >= 0.6 is 34.3 Å². The van der Waals surface area contributed by atoms with Crippen LogP contribution in [-0.2, 0) is 16.0 Å². The summed E-state index contributed by atoms with van der Waals surface area (Å²) < 4.78 is 0.713. The molecule has 4 rings (SSSR count). The number of rotatable bonds is 4. The fourth-order valence-corrected chi connectivity index (χ4v) is 5.96. The van der Waals surface area contributed by atoms with E-state index in [2.05, 4.69) is 4.98 Å². The molecule has 25 heavy (non-hydrogen) atoms. The number of likely N-dealkylation sites (tertiary alicyclic amines) is 1. The van der Waals surface area contributed by atoms with Crippen molar-refractivity contribution in [3.05, 3.63) is 27.5 Å². The highest BCUT2D eigenvalue weighted by Gasteiger charge is 2.55. The number of fused-ring (bicyclic) bond motifs is 1. The van der Waals surface area contributed by atoms with Crippen molar-refractivity contribution in [3.63, 3.8) is 0 Å². The van der Waals surface area contributed by atoms with E-state index in [0.717, 1.165) is 28.4 Å². The second-order valence-corrected chi connectivity index (χ2v) is 9.32. The summed E-state index contributed by atoms with van der Waals surface area (Å²) in [4.78, 5) is 31.6. The predicted molar refractivity (Wildman–Crippen MR) is 98.1 cm³/mol. The van der Waals surface area contributed by atoms with Gasteiger partial charge in [0, 0.05) is 18.5 Å². The number of amides is 1. The first-order valence-electron chi connectivity index (χ1n) is 8.19. The summed E-state index contributed by atoms with van der Waals surface area (Å²) in [6, 6.07) is 3.76. The maximum Gasteiger partial charge on any atom is 0.311 e. The SMILES string of the molecule is O=C(Cc1csc(-c2ccc(Cl)s2)n1)N1C[C@@H]2CCC[C@@]2(C(=O)O)C1. The molecule has 2 aliphatic rings. The Bertz CT molecular complexity index is 833. The van der Waals surface area contributed by atoms with E-state index in [1.54, 1.807) is 4.90 Å². The minimum absolute atomic E-state index is 0.0314. The summed E-state index contributed by atoms with van der Waals surface area (Å²) in [7, 11) is 0. The largest absolute Gasteiger partial charge is 0.481 e. The number of carbonyl (C=O) groups is 2. The van der Waals surface area contributed by atoms with Gasteiger partial charge in [0.2, 0.25) is 5.91 Å². The van der Waals surface area contributed by atoms with Crippen molar-refractivity contribution >= 4 is 46.2 Å². The van der Waals surface area contributed by atoms with E-state index in [0.29, 0.717) is 23.8 Å². The van der Waals surface area contributed by atoms with Gasteiger partial charge < -0.3 is 10.0 Å². The van der Waals surface area contributed by atoms with E-state index in [1.807, 2.05) is 17.5 Å². The molecular weight excluding hydrogens is 380 g/mol. The van der Waals surface area contributed by atoms with Gasteiger partial charge in [-0.2, -0.15) is 0 Å². The molecule has 132 valence electrons. The van der Waals surface area contributed by atoms with Crippen LogP contribution in [0.5, 0.6) is 0 Å². The number of nitrogens with zero attached hydrogens (tertiary/aromatic N) is 2. The first-order chi connectivity index (χ1) is 12.0. The zero-order valence-electron chi connectivity index (χ0n) is 13.4. The number of thiazole rings is 1. The molecule has 0 aromatic carbocycles. The maximum absolute atomic E-state index is 12.6. The van der Waals surface area contributed by atoms with E-state index in [-0.39, 0.29) is 18.2 Å². The number of carbonyl (C=O) groups excluding carboxylic acids is 1. The van der Waals surface area contributed by atoms with Crippen LogP contribution in [0.25, 0.3) is 9.88 Å². The third kappa shape index (κ3) is 2.98. The van der Waals surface area contributed by atoms with Crippen LogP contribution < -0.4 is 0 Å². The van der Waals surface area contributed by atoms with Crippen molar-refractivity contribution in [3.8, 4) is 9.88 Å². The van der Waals surface area contributed by atoms with Crippen molar-refractivity contribution in [2.24, 2.45) is 11.3 Å². The lowest BCUT2D eigenvalue weighted by molar-refractivity contribution is -0.149. The van der Waals surface area contributed by atoms with E-state index >= 15 is 0 Å².